The molecule has 0 aliphatic rings. The predicted octanol–water partition coefficient (Wildman–Crippen LogP) is 0.744. The van der Waals surface area contributed by atoms with E-state index in [1.807, 2.05) is 6.92 Å². The number of aliphatic carboxylic acids is 1. The second-order valence-corrected chi connectivity index (χ2v) is 4.16. The van der Waals surface area contributed by atoms with Crippen molar-refractivity contribution in [2.24, 2.45) is 0 Å². The number of nitrogens with one attached hydrogen (secondary N) is 1. The van der Waals surface area contributed by atoms with Gasteiger partial charge in [0.2, 0.25) is 0 Å². The van der Waals surface area contributed by atoms with Gasteiger partial charge in [-0.15, -0.1) is 0 Å². The van der Waals surface area contributed by atoms with Crippen LogP contribution in [0.2, 0.25) is 0 Å². The fourth-order valence-electron chi connectivity index (χ4n) is 1.71. The van der Waals surface area contributed by atoms with Gasteiger partial charge in [-0.3, -0.25) is 14.6 Å². The minimum Gasteiger partial charge on any atom is -0.481 e. The minimum atomic E-state index is -0.801. The highest BCUT2D eigenvalue weighted by Gasteiger charge is 2.03. The summed E-state index contributed by atoms with van der Waals surface area (Å²) in [4.78, 5) is 35.4. The van der Waals surface area contributed by atoms with Crippen LogP contribution in [0, 0.1) is 0 Å². The normalized spacial score (nSPS) is 10.5. The maximum absolute atomic E-state index is 11.5. The third-order valence-corrected chi connectivity index (χ3v) is 2.76. The van der Waals surface area contributed by atoms with Gasteiger partial charge in [-0.2, -0.15) is 0 Å². The number of rotatable bonds is 7. The van der Waals surface area contributed by atoms with Gasteiger partial charge in [-0.05, 0) is 19.3 Å². The second kappa shape index (κ2) is 6.78. The molecule has 0 fully saturated rings. The van der Waals surface area contributed by atoms with E-state index in [9.17, 15) is 14.4 Å². The summed E-state index contributed by atoms with van der Waals surface area (Å²) in [7, 11) is 0. The molecule has 0 radical (unpaired) electrons. The smallest absolute Gasteiger partial charge is 0.328 e. The van der Waals surface area contributed by atoms with Gasteiger partial charge < -0.3 is 9.67 Å². The highest BCUT2D eigenvalue weighted by molar-refractivity contribution is 5.66. The molecule has 1 heterocycles. The zero-order valence-electron chi connectivity index (χ0n) is 10.4. The number of H-pyrrole nitrogens is 1. The van der Waals surface area contributed by atoms with Crippen LogP contribution < -0.4 is 11.2 Å². The molecule has 0 aromatic carbocycles. The number of aryl methyl sites for hydroxylation is 2. The molecule has 2 N–H and O–H groups in total. The Balaban J connectivity index is 2.54. The molecule has 6 heteroatoms. The molecule has 100 valence electrons. The largest absolute Gasteiger partial charge is 0.481 e. The fourth-order valence-corrected chi connectivity index (χ4v) is 1.71. The number of aromatic amines is 1. The van der Waals surface area contributed by atoms with Crippen molar-refractivity contribution in [1.82, 2.24) is 9.55 Å². The molecule has 1 rings (SSSR count). The van der Waals surface area contributed by atoms with Gasteiger partial charge in [0.15, 0.2) is 0 Å². The molecule has 0 bridgehead atoms. The van der Waals surface area contributed by atoms with Crippen LogP contribution in [0.15, 0.2) is 15.8 Å². The van der Waals surface area contributed by atoms with E-state index in [1.165, 1.54) is 4.57 Å². The number of unbranched alkanes of at least 4 members (excludes halogenated alkanes) is 2. The van der Waals surface area contributed by atoms with Crippen LogP contribution in [0.1, 0.15) is 38.2 Å². The summed E-state index contributed by atoms with van der Waals surface area (Å²) in [6.07, 6.45) is 4.39. The van der Waals surface area contributed by atoms with Gasteiger partial charge in [0.1, 0.15) is 0 Å². The Morgan fingerprint density at radius 3 is 2.67 bits per heavy atom. The lowest BCUT2D eigenvalue weighted by Gasteiger charge is -2.06. The first-order valence-corrected chi connectivity index (χ1v) is 6.09. The Labute approximate surface area is 104 Å². The summed E-state index contributed by atoms with van der Waals surface area (Å²) < 4.78 is 1.47. The third kappa shape index (κ3) is 4.20. The Bertz CT molecular complexity index is 516. The molecule has 0 aliphatic heterocycles. The molecule has 6 nitrogen and oxygen atoms in total. The molecule has 0 aliphatic carbocycles. The van der Waals surface area contributed by atoms with Crippen LogP contribution in [0.25, 0.3) is 0 Å². The molecule has 0 amide bonds. The maximum atomic E-state index is 11.5. The minimum absolute atomic E-state index is 0.154. The van der Waals surface area contributed by atoms with Crippen molar-refractivity contribution in [3.05, 3.63) is 32.6 Å². The van der Waals surface area contributed by atoms with E-state index in [-0.39, 0.29) is 12.0 Å². The van der Waals surface area contributed by atoms with E-state index in [0.717, 1.165) is 12.8 Å². The van der Waals surface area contributed by atoms with Crippen molar-refractivity contribution in [3.63, 3.8) is 0 Å². The van der Waals surface area contributed by atoms with E-state index in [0.29, 0.717) is 24.9 Å². The van der Waals surface area contributed by atoms with Crippen molar-refractivity contribution < 1.29 is 9.90 Å². The Hall–Kier alpha value is -1.85. The molecule has 0 saturated heterocycles. The van der Waals surface area contributed by atoms with E-state index in [2.05, 4.69) is 4.98 Å². The molecule has 0 unspecified atom stereocenters. The van der Waals surface area contributed by atoms with Gasteiger partial charge in [0.25, 0.3) is 5.56 Å². The molecule has 0 spiro atoms. The summed E-state index contributed by atoms with van der Waals surface area (Å²) >= 11 is 0. The molecular weight excluding hydrogens is 236 g/mol. The quantitative estimate of drug-likeness (QED) is 0.702. The Morgan fingerprint density at radius 1 is 1.33 bits per heavy atom. The standard InChI is InChI=1S/C12H18N2O4/c1-2-9-8-14(12(18)13-11(9)17)7-5-3-4-6-10(15)16/h8H,2-7H2,1H3,(H,15,16)(H,13,17,18). The lowest BCUT2D eigenvalue weighted by molar-refractivity contribution is -0.137. The van der Waals surface area contributed by atoms with Crippen molar-refractivity contribution in [2.75, 3.05) is 0 Å². The first kappa shape index (κ1) is 14.2. The number of carboxylic acids is 1. The summed E-state index contributed by atoms with van der Waals surface area (Å²) in [5.41, 5.74) is -0.153. The van der Waals surface area contributed by atoms with Gasteiger partial charge in [0.05, 0.1) is 0 Å². The average Bonchev–Trinajstić information content (AvgIpc) is 2.30. The van der Waals surface area contributed by atoms with Crippen molar-refractivity contribution in [3.8, 4) is 0 Å². The van der Waals surface area contributed by atoms with Gasteiger partial charge in [-0.25, -0.2) is 4.79 Å². The predicted molar refractivity (Wildman–Crippen MR) is 66.8 cm³/mol. The lowest BCUT2D eigenvalue weighted by atomic mass is 10.2. The monoisotopic (exact) mass is 254 g/mol. The number of hydrogen-bond acceptors (Lipinski definition) is 3. The zero-order valence-corrected chi connectivity index (χ0v) is 10.4. The molecule has 18 heavy (non-hydrogen) atoms. The maximum Gasteiger partial charge on any atom is 0.328 e. The Kier molecular flexibility index (Phi) is 5.35. The van der Waals surface area contributed by atoms with Crippen LogP contribution in [0.3, 0.4) is 0 Å². The number of aromatic nitrogens is 2. The fraction of sp³-hybridized carbons (Fsp3) is 0.583. The number of carbonyl (C=O) groups is 1. The zero-order chi connectivity index (χ0) is 13.5. The number of nitrogens with zero attached hydrogens (tertiary/aromatic N) is 1. The van der Waals surface area contributed by atoms with Gasteiger partial charge in [0, 0.05) is 24.7 Å². The number of carboxylic acid groups (broad SMARTS) is 1. The second-order valence-electron chi connectivity index (χ2n) is 4.16. The third-order valence-electron chi connectivity index (χ3n) is 2.76. The number of hydrogen-bond donors (Lipinski definition) is 2. The van der Waals surface area contributed by atoms with E-state index in [4.69, 9.17) is 5.11 Å². The highest BCUT2D eigenvalue weighted by atomic mass is 16.4. The molecule has 0 atom stereocenters. The SMILES string of the molecule is CCc1cn(CCCCCC(=O)O)c(=O)[nH]c1=O. The molecule has 1 aromatic heterocycles. The van der Waals surface area contributed by atoms with Gasteiger partial charge in [-0.1, -0.05) is 13.3 Å². The van der Waals surface area contributed by atoms with Crippen molar-refractivity contribution >= 4 is 5.97 Å². The van der Waals surface area contributed by atoms with E-state index < -0.39 is 11.7 Å². The van der Waals surface area contributed by atoms with Crippen LogP contribution in [-0.2, 0) is 17.8 Å². The van der Waals surface area contributed by atoms with Crippen molar-refractivity contribution in [2.45, 2.75) is 45.6 Å². The van der Waals surface area contributed by atoms with Crippen LogP contribution in [0.5, 0.6) is 0 Å². The first-order chi connectivity index (χ1) is 8.54. The average molecular weight is 254 g/mol. The highest BCUT2D eigenvalue weighted by Crippen LogP contribution is 2.01. The van der Waals surface area contributed by atoms with Crippen molar-refractivity contribution in [1.29, 1.82) is 0 Å². The summed E-state index contributed by atoms with van der Waals surface area (Å²) in [6, 6.07) is 0. The van der Waals surface area contributed by atoms with Gasteiger partial charge >= 0.3 is 11.7 Å². The molecule has 1 aromatic rings. The molecule has 0 saturated carbocycles. The van der Waals surface area contributed by atoms with Crippen LogP contribution in [0.4, 0.5) is 0 Å². The summed E-state index contributed by atoms with van der Waals surface area (Å²) in [6.45, 7) is 2.36. The summed E-state index contributed by atoms with van der Waals surface area (Å²) in [5.74, 6) is -0.801. The van der Waals surface area contributed by atoms with Crippen LogP contribution in [-0.4, -0.2) is 20.6 Å². The molecular formula is C12H18N2O4. The van der Waals surface area contributed by atoms with Crippen LogP contribution >= 0.6 is 0 Å². The summed E-state index contributed by atoms with van der Waals surface area (Å²) in [5, 5.41) is 8.48. The first-order valence-electron chi connectivity index (χ1n) is 6.09. The lowest BCUT2D eigenvalue weighted by Crippen LogP contribution is -2.31. The van der Waals surface area contributed by atoms with E-state index in [1.54, 1.807) is 6.20 Å². The topological polar surface area (TPSA) is 92.2 Å². The van der Waals surface area contributed by atoms with E-state index >= 15 is 0 Å². The Morgan fingerprint density at radius 2 is 2.06 bits per heavy atom.